The normalized spacial score (nSPS) is 10.8. The van der Waals surface area contributed by atoms with E-state index in [4.69, 9.17) is 0 Å². The van der Waals surface area contributed by atoms with Crippen molar-refractivity contribution in [2.24, 2.45) is 0 Å². The minimum atomic E-state index is -0.146. The summed E-state index contributed by atoms with van der Waals surface area (Å²) in [5.41, 5.74) is 2.31. The van der Waals surface area contributed by atoms with Gasteiger partial charge in [-0.2, -0.15) is 0 Å². The van der Waals surface area contributed by atoms with Gasteiger partial charge in [-0.15, -0.1) is 0 Å². The average Bonchev–Trinajstić information content (AvgIpc) is 2.68. The maximum absolute atomic E-state index is 12.4. The molecule has 0 aromatic heterocycles. The molecule has 0 fully saturated rings. The van der Waals surface area contributed by atoms with E-state index in [2.05, 4.69) is 41.0 Å². The lowest BCUT2D eigenvalue weighted by Gasteiger charge is -2.17. The van der Waals surface area contributed by atoms with Gasteiger partial charge in [-0.3, -0.25) is 14.5 Å². The minimum absolute atomic E-state index is 0.115. The molecule has 0 radical (unpaired) electrons. The Bertz CT molecular complexity index is 984. The molecule has 0 aliphatic carbocycles. The first kappa shape index (κ1) is 19.6. The first-order valence-corrected chi connectivity index (χ1v) is 9.39. The van der Waals surface area contributed by atoms with Gasteiger partial charge in [0.2, 0.25) is 5.91 Å². The van der Waals surface area contributed by atoms with E-state index in [1.165, 1.54) is 10.8 Å². The number of benzene rings is 3. The van der Waals surface area contributed by atoms with E-state index in [-0.39, 0.29) is 18.4 Å². The first-order chi connectivity index (χ1) is 13.5. The van der Waals surface area contributed by atoms with Crippen LogP contribution >= 0.6 is 0 Å². The number of fused-ring (bicyclic) bond motifs is 1. The SMILES string of the molecule is CCNC(=O)c1cccc(NC(=O)CN(C)Cc2ccc3ccccc3c2)c1. The minimum Gasteiger partial charge on any atom is -0.352 e. The molecule has 0 spiro atoms. The maximum atomic E-state index is 12.4. The number of anilines is 1. The Morgan fingerprint density at radius 1 is 0.929 bits per heavy atom. The number of hydrogen-bond acceptors (Lipinski definition) is 3. The number of likely N-dealkylation sites (N-methyl/N-ethyl adjacent to an activating group) is 1. The Hall–Kier alpha value is -3.18. The number of amides is 2. The van der Waals surface area contributed by atoms with Crippen LogP contribution in [0.15, 0.2) is 66.7 Å². The number of carbonyl (C=O) groups is 2. The molecular formula is C23H25N3O2. The quantitative estimate of drug-likeness (QED) is 0.662. The molecule has 5 heteroatoms. The standard InChI is InChI=1S/C23H25N3O2/c1-3-24-23(28)20-9-6-10-21(14-20)25-22(27)16-26(2)15-17-11-12-18-7-4-5-8-19(18)13-17/h4-14H,3,15-16H2,1-2H3,(H,24,28)(H,25,27). The summed E-state index contributed by atoms with van der Waals surface area (Å²) in [6, 6.07) is 21.5. The summed E-state index contributed by atoms with van der Waals surface area (Å²) in [4.78, 5) is 26.3. The Kier molecular flexibility index (Phi) is 6.40. The topological polar surface area (TPSA) is 61.4 Å². The number of carbonyl (C=O) groups excluding carboxylic acids is 2. The lowest BCUT2D eigenvalue weighted by atomic mass is 10.1. The van der Waals surface area contributed by atoms with Crippen LogP contribution in [-0.4, -0.2) is 36.9 Å². The molecule has 5 nitrogen and oxygen atoms in total. The van der Waals surface area contributed by atoms with Crippen molar-refractivity contribution >= 4 is 28.3 Å². The van der Waals surface area contributed by atoms with Gasteiger partial charge in [-0.25, -0.2) is 0 Å². The summed E-state index contributed by atoms with van der Waals surface area (Å²) >= 11 is 0. The zero-order chi connectivity index (χ0) is 19.9. The molecule has 0 atom stereocenters. The van der Waals surface area contributed by atoms with Gasteiger partial charge in [-0.05, 0) is 54.6 Å². The number of hydrogen-bond donors (Lipinski definition) is 2. The summed E-state index contributed by atoms with van der Waals surface area (Å²) in [7, 11) is 1.92. The predicted octanol–water partition coefficient (Wildman–Crippen LogP) is 3.66. The van der Waals surface area contributed by atoms with Crippen LogP contribution in [0.5, 0.6) is 0 Å². The van der Waals surface area contributed by atoms with Crippen LogP contribution < -0.4 is 10.6 Å². The van der Waals surface area contributed by atoms with Crippen molar-refractivity contribution in [3.8, 4) is 0 Å². The highest BCUT2D eigenvalue weighted by Crippen LogP contribution is 2.16. The van der Waals surface area contributed by atoms with Gasteiger partial charge in [0.1, 0.15) is 0 Å². The van der Waals surface area contributed by atoms with E-state index < -0.39 is 0 Å². The fraction of sp³-hybridized carbons (Fsp3) is 0.217. The van der Waals surface area contributed by atoms with Crippen molar-refractivity contribution < 1.29 is 9.59 Å². The van der Waals surface area contributed by atoms with Crippen LogP contribution in [0.3, 0.4) is 0 Å². The molecule has 144 valence electrons. The van der Waals surface area contributed by atoms with E-state index in [0.717, 1.165) is 5.56 Å². The van der Waals surface area contributed by atoms with E-state index in [9.17, 15) is 9.59 Å². The van der Waals surface area contributed by atoms with Crippen molar-refractivity contribution in [1.29, 1.82) is 0 Å². The molecule has 0 aliphatic heterocycles. The zero-order valence-electron chi connectivity index (χ0n) is 16.2. The van der Waals surface area contributed by atoms with Gasteiger partial charge in [0, 0.05) is 24.3 Å². The first-order valence-electron chi connectivity index (χ1n) is 9.39. The predicted molar refractivity (Wildman–Crippen MR) is 113 cm³/mol. The highest BCUT2D eigenvalue weighted by molar-refractivity contribution is 5.97. The van der Waals surface area contributed by atoms with Gasteiger partial charge in [0.25, 0.3) is 5.91 Å². The molecule has 0 heterocycles. The van der Waals surface area contributed by atoms with Crippen LogP contribution in [0.25, 0.3) is 10.8 Å². The largest absolute Gasteiger partial charge is 0.352 e. The van der Waals surface area contributed by atoms with Crippen LogP contribution in [0.2, 0.25) is 0 Å². The Morgan fingerprint density at radius 3 is 2.50 bits per heavy atom. The van der Waals surface area contributed by atoms with Gasteiger partial charge >= 0.3 is 0 Å². The van der Waals surface area contributed by atoms with E-state index in [1.54, 1.807) is 24.3 Å². The monoisotopic (exact) mass is 375 g/mol. The fourth-order valence-electron chi connectivity index (χ4n) is 3.15. The van der Waals surface area contributed by atoms with Crippen molar-refractivity contribution in [2.75, 3.05) is 25.5 Å². The molecule has 3 aromatic rings. The third kappa shape index (κ3) is 5.18. The highest BCUT2D eigenvalue weighted by Gasteiger charge is 2.10. The summed E-state index contributed by atoms with van der Waals surface area (Å²) < 4.78 is 0. The average molecular weight is 375 g/mol. The van der Waals surface area contributed by atoms with E-state index >= 15 is 0 Å². The molecule has 0 aliphatic rings. The third-order valence-corrected chi connectivity index (χ3v) is 4.43. The molecule has 0 saturated carbocycles. The van der Waals surface area contributed by atoms with Crippen molar-refractivity contribution in [1.82, 2.24) is 10.2 Å². The lowest BCUT2D eigenvalue weighted by molar-refractivity contribution is -0.117. The fourth-order valence-corrected chi connectivity index (χ4v) is 3.15. The molecule has 0 unspecified atom stereocenters. The second-order valence-corrected chi connectivity index (χ2v) is 6.84. The molecule has 2 N–H and O–H groups in total. The van der Waals surface area contributed by atoms with Gasteiger partial charge in [-0.1, -0.05) is 42.5 Å². The maximum Gasteiger partial charge on any atom is 0.251 e. The number of nitrogens with one attached hydrogen (secondary N) is 2. The van der Waals surface area contributed by atoms with Crippen molar-refractivity contribution in [2.45, 2.75) is 13.5 Å². The van der Waals surface area contributed by atoms with Crippen LogP contribution in [0, 0.1) is 0 Å². The smallest absolute Gasteiger partial charge is 0.251 e. The summed E-state index contributed by atoms with van der Waals surface area (Å²) in [6.45, 7) is 3.37. The van der Waals surface area contributed by atoms with Crippen LogP contribution in [0.1, 0.15) is 22.8 Å². The van der Waals surface area contributed by atoms with Gasteiger partial charge in [0.15, 0.2) is 0 Å². The molecule has 2 amide bonds. The number of rotatable bonds is 7. The van der Waals surface area contributed by atoms with Crippen LogP contribution in [0.4, 0.5) is 5.69 Å². The molecule has 3 rings (SSSR count). The van der Waals surface area contributed by atoms with Crippen molar-refractivity contribution in [3.63, 3.8) is 0 Å². The van der Waals surface area contributed by atoms with Crippen molar-refractivity contribution in [3.05, 3.63) is 77.9 Å². The lowest BCUT2D eigenvalue weighted by Crippen LogP contribution is -2.30. The second-order valence-electron chi connectivity index (χ2n) is 6.84. The number of nitrogens with zero attached hydrogens (tertiary/aromatic N) is 1. The van der Waals surface area contributed by atoms with Crippen LogP contribution in [-0.2, 0) is 11.3 Å². The molecule has 0 saturated heterocycles. The second kappa shape index (κ2) is 9.15. The third-order valence-electron chi connectivity index (χ3n) is 4.43. The van der Waals surface area contributed by atoms with Gasteiger partial charge in [0.05, 0.1) is 6.54 Å². The molecular weight excluding hydrogens is 350 g/mol. The zero-order valence-corrected chi connectivity index (χ0v) is 16.2. The van der Waals surface area contributed by atoms with Gasteiger partial charge < -0.3 is 10.6 Å². The Morgan fingerprint density at radius 2 is 1.71 bits per heavy atom. The van der Waals surface area contributed by atoms with E-state index in [0.29, 0.717) is 24.3 Å². The Balaban J connectivity index is 1.58. The Labute approximate surface area is 165 Å². The molecule has 3 aromatic carbocycles. The summed E-state index contributed by atoms with van der Waals surface area (Å²) in [5, 5.41) is 8.02. The van der Waals surface area contributed by atoms with E-state index in [1.807, 2.05) is 31.0 Å². The summed E-state index contributed by atoms with van der Waals surface area (Å²) in [6.07, 6.45) is 0. The molecule has 0 bridgehead atoms. The highest BCUT2D eigenvalue weighted by atomic mass is 16.2. The summed E-state index contributed by atoms with van der Waals surface area (Å²) in [5.74, 6) is -0.261. The molecule has 28 heavy (non-hydrogen) atoms.